The van der Waals surface area contributed by atoms with Crippen molar-refractivity contribution in [2.24, 2.45) is 0 Å². The van der Waals surface area contributed by atoms with Gasteiger partial charge in [0, 0.05) is 17.4 Å². The summed E-state index contributed by atoms with van der Waals surface area (Å²) in [6, 6.07) is 12.8. The summed E-state index contributed by atoms with van der Waals surface area (Å²) in [6.07, 6.45) is 0.177. The van der Waals surface area contributed by atoms with E-state index >= 15 is 0 Å². The number of esters is 1. The van der Waals surface area contributed by atoms with Crippen LogP contribution >= 0.6 is 11.8 Å². The second-order valence-electron chi connectivity index (χ2n) is 7.10. The number of anilines is 2. The molecule has 0 aromatic heterocycles. The van der Waals surface area contributed by atoms with E-state index < -0.39 is 5.97 Å². The van der Waals surface area contributed by atoms with Crippen LogP contribution in [0.15, 0.2) is 47.4 Å². The number of hydrogen-bond acceptors (Lipinski definition) is 5. The number of rotatable bonds is 5. The van der Waals surface area contributed by atoms with E-state index in [1.165, 1.54) is 16.7 Å². The zero-order valence-corrected chi connectivity index (χ0v) is 17.5. The van der Waals surface area contributed by atoms with Gasteiger partial charge in [-0.3, -0.25) is 14.4 Å². The van der Waals surface area contributed by atoms with Crippen LogP contribution in [0.5, 0.6) is 0 Å². The number of carbonyl (C=O) groups is 3. The highest BCUT2D eigenvalue weighted by molar-refractivity contribution is 8.00. The quantitative estimate of drug-likeness (QED) is 0.599. The Morgan fingerprint density at radius 2 is 1.97 bits per heavy atom. The number of thioether (sulfide) groups is 1. The molecule has 7 heteroatoms. The van der Waals surface area contributed by atoms with Gasteiger partial charge in [-0.2, -0.15) is 0 Å². The maximum atomic E-state index is 12.8. The van der Waals surface area contributed by atoms with Crippen LogP contribution < -0.4 is 10.2 Å². The number of ether oxygens (including phenoxy) is 1. The zero-order chi connectivity index (χ0) is 21.0. The third kappa shape index (κ3) is 5.17. The van der Waals surface area contributed by atoms with Crippen LogP contribution in [0.2, 0.25) is 0 Å². The molecule has 0 spiro atoms. The lowest BCUT2D eigenvalue weighted by atomic mass is 10.1. The molecular formula is C22H24N2O4S. The second-order valence-corrected chi connectivity index (χ2v) is 8.12. The smallest absolute Gasteiger partial charge is 0.316 e. The maximum Gasteiger partial charge on any atom is 0.316 e. The van der Waals surface area contributed by atoms with Crippen molar-refractivity contribution in [3.05, 3.63) is 53.6 Å². The Morgan fingerprint density at radius 1 is 1.21 bits per heavy atom. The molecule has 6 nitrogen and oxygen atoms in total. The summed E-state index contributed by atoms with van der Waals surface area (Å²) < 4.78 is 5.22. The topological polar surface area (TPSA) is 75.7 Å². The van der Waals surface area contributed by atoms with Gasteiger partial charge in [0.25, 0.3) is 5.91 Å². The molecular weight excluding hydrogens is 388 g/mol. The molecule has 1 N–H and O–H groups in total. The summed E-state index contributed by atoms with van der Waals surface area (Å²) in [5.74, 6) is -0.827. The average Bonchev–Trinajstić information content (AvgIpc) is 2.81. The van der Waals surface area contributed by atoms with Crippen LogP contribution in [0, 0.1) is 13.8 Å². The monoisotopic (exact) mass is 412 g/mol. The molecule has 2 aromatic carbocycles. The van der Waals surface area contributed by atoms with Gasteiger partial charge < -0.3 is 15.0 Å². The van der Waals surface area contributed by atoms with Crippen molar-refractivity contribution in [3.8, 4) is 0 Å². The van der Waals surface area contributed by atoms with Crippen LogP contribution in [-0.2, 0) is 19.1 Å². The maximum absolute atomic E-state index is 12.8. The van der Waals surface area contributed by atoms with Crippen LogP contribution in [0.3, 0.4) is 0 Å². The van der Waals surface area contributed by atoms with Crippen LogP contribution in [0.25, 0.3) is 0 Å². The first-order valence-corrected chi connectivity index (χ1v) is 10.4. The zero-order valence-electron chi connectivity index (χ0n) is 16.7. The van der Waals surface area contributed by atoms with Crippen molar-refractivity contribution in [1.29, 1.82) is 0 Å². The van der Waals surface area contributed by atoms with Gasteiger partial charge in [-0.05, 0) is 44.5 Å². The fourth-order valence-electron chi connectivity index (χ4n) is 3.22. The van der Waals surface area contributed by atoms with Crippen molar-refractivity contribution in [2.75, 3.05) is 22.6 Å². The van der Waals surface area contributed by atoms with Crippen molar-refractivity contribution < 1.29 is 19.1 Å². The number of benzene rings is 2. The lowest BCUT2D eigenvalue weighted by Gasteiger charge is -2.27. The normalized spacial score (nSPS) is 15.9. The van der Waals surface area contributed by atoms with E-state index in [2.05, 4.69) is 5.32 Å². The standard InChI is InChI=1S/C22H24N2O4S/c1-14-8-9-15(2)19(10-14)29-13-22(27)28-12-21(26)24-16(3)11-20(25)23-17-6-4-5-7-18(17)24/h4-10,16H,11-13H2,1-3H3,(H,23,25)/t16-/m1/s1. The molecule has 1 atom stereocenters. The summed E-state index contributed by atoms with van der Waals surface area (Å²) in [4.78, 5) is 39.5. The fraction of sp³-hybridized carbons (Fsp3) is 0.318. The van der Waals surface area contributed by atoms with E-state index in [9.17, 15) is 14.4 Å². The number of aryl methyl sites for hydroxylation is 2. The van der Waals surface area contributed by atoms with E-state index in [0.717, 1.165) is 16.0 Å². The molecule has 2 aromatic rings. The van der Waals surface area contributed by atoms with Crippen molar-refractivity contribution in [1.82, 2.24) is 0 Å². The first-order valence-electron chi connectivity index (χ1n) is 9.42. The summed E-state index contributed by atoms with van der Waals surface area (Å²) in [7, 11) is 0. The number of hydrogen-bond donors (Lipinski definition) is 1. The van der Waals surface area contributed by atoms with Gasteiger partial charge in [0.2, 0.25) is 5.91 Å². The minimum Gasteiger partial charge on any atom is -0.455 e. The van der Waals surface area contributed by atoms with Crippen molar-refractivity contribution in [2.45, 2.75) is 38.1 Å². The molecule has 0 bridgehead atoms. The Labute approximate surface area is 174 Å². The van der Waals surface area contributed by atoms with E-state index in [0.29, 0.717) is 11.4 Å². The SMILES string of the molecule is Cc1ccc(C)c(SCC(=O)OCC(=O)N2c3ccccc3NC(=O)C[C@H]2C)c1. The molecule has 1 aliphatic rings. The van der Waals surface area contributed by atoms with Gasteiger partial charge >= 0.3 is 5.97 Å². The number of carbonyl (C=O) groups excluding carboxylic acids is 3. The molecule has 0 aliphatic carbocycles. The summed E-state index contributed by atoms with van der Waals surface area (Å²) in [5.41, 5.74) is 3.40. The molecule has 29 heavy (non-hydrogen) atoms. The number of fused-ring (bicyclic) bond motifs is 1. The van der Waals surface area contributed by atoms with Crippen molar-refractivity contribution in [3.63, 3.8) is 0 Å². The highest BCUT2D eigenvalue weighted by Crippen LogP contribution is 2.31. The molecule has 2 amide bonds. The predicted octanol–water partition coefficient (Wildman–Crippen LogP) is 3.70. The lowest BCUT2D eigenvalue weighted by Crippen LogP contribution is -2.41. The molecule has 3 rings (SSSR count). The second kappa shape index (κ2) is 9.13. The third-order valence-corrected chi connectivity index (χ3v) is 5.80. The Hall–Kier alpha value is -2.80. The summed E-state index contributed by atoms with van der Waals surface area (Å²) in [5, 5.41) is 2.81. The van der Waals surface area contributed by atoms with Crippen LogP contribution in [0.4, 0.5) is 11.4 Å². The van der Waals surface area contributed by atoms with Gasteiger partial charge in [-0.15, -0.1) is 11.8 Å². The Balaban J connectivity index is 1.61. The van der Waals surface area contributed by atoms with E-state index in [1.54, 1.807) is 31.2 Å². The highest BCUT2D eigenvalue weighted by atomic mass is 32.2. The van der Waals surface area contributed by atoms with E-state index in [4.69, 9.17) is 4.74 Å². The minimum absolute atomic E-state index is 0.129. The van der Waals surface area contributed by atoms with E-state index in [1.807, 2.05) is 32.0 Å². The van der Waals surface area contributed by atoms with E-state index in [-0.39, 0.29) is 36.6 Å². The van der Waals surface area contributed by atoms with Gasteiger partial charge in [0.05, 0.1) is 17.1 Å². The van der Waals surface area contributed by atoms with Crippen LogP contribution in [-0.4, -0.2) is 36.2 Å². The molecule has 0 radical (unpaired) electrons. The lowest BCUT2D eigenvalue weighted by molar-refractivity contribution is -0.145. The first kappa shape index (κ1) is 20.9. The average molecular weight is 413 g/mol. The predicted molar refractivity (Wildman–Crippen MR) is 114 cm³/mol. The highest BCUT2D eigenvalue weighted by Gasteiger charge is 2.30. The largest absolute Gasteiger partial charge is 0.455 e. The Bertz CT molecular complexity index is 944. The van der Waals surface area contributed by atoms with Gasteiger partial charge in [0.1, 0.15) is 0 Å². The number of nitrogens with zero attached hydrogens (tertiary/aromatic N) is 1. The number of amides is 2. The number of nitrogens with one attached hydrogen (secondary N) is 1. The molecule has 1 heterocycles. The number of para-hydroxylation sites is 2. The third-order valence-electron chi connectivity index (χ3n) is 4.67. The fourth-order valence-corrected chi connectivity index (χ4v) is 4.14. The summed E-state index contributed by atoms with van der Waals surface area (Å²) in [6.45, 7) is 5.43. The summed E-state index contributed by atoms with van der Waals surface area (Å²) >= 11 is 1.40. The Morgan fingerprint density at radius 3 is 2.76 bits per heavy atom. The first-order chi connectivity index (χ1) is 13.8. The van der Waals surface area contributed by atoms with Gasteiger partial charge in [-0.1, -0.05) is 29.8 Å². The molecule has 0 saturated heterocycles. The molecule has 0 saturated carbocycles. The minimum atomic E-state index is -0.450. The van der Waals surface area contributed by atoms with Crippen LogP contribution in [0.1, 0.15) is 24.5 Å². The Kier molecular flexibility index (Phi) is 6.59. The molecule has 0 unspecified atom stereocenters. The van der Waals surface area contributed by atoms with Gasteiger partial charge in [0.15, 0.2) is 6.61 Å². The van der Waals surface area contributed by atoms with Gasteiger partial charge in [-0.25, -0.2) is 0 Å². The molecule has 1 aliphatic heterocycles. The molecule has 0 fully saturated rings. The van der Waals surface area contributed by atoms with Crippen molar-refractivity contribution >= 4 is 40.9 Å². The molecule has 152 valence electrons.